The molecular formula is C13H16O2. The van der Waals surface area contributed by atoms with Gasteiger partial charge in [0.1, 0.15) is 0 Å². The normalized spacial score (nSPS) is 19.7. The van der Waals surface area contributed by atoms with E-state index in [1.807, 2.05) is 0 Å². The Kier molecular flexibility index (Phi) is 2.76. The molecular weight excluding hydrogens is 188 g/mol. The molecule has 0 amide bonds. The van der Waals surface area contributed by atoms with E-state index < -0.39 is 5.97 Å². The van der Waals surface area contributed by atoms with Gasteiger partial charge in [0.15, 0.2) is 0 Å². The molecule has 2 rings (SSSR count). The molecule has 80 valence electrons. The molecule has 0 bridgehead atoms. The summed E-state index contributed by atoms with van der Waals surface area (Å²) in [5, 5.41) is 8.88. The first-order valence-corrected chi connectivity index (χ1v) is 5.48. The van der Waals surface area contributed by atoms with Gasteiger partial charge in [-0.2, -0.15) is 0 Å². The molecule has 15 heavy (non-hydrogen) atoms. The van der Waals surface area contributed by atoms with Crippen molar-refractivity contribution in [1.29, 1.82) is 0 Å². The molecule has 0 spiro atoms. The fourth-order valence-electron chi connectivity index (χ4n) is 2.64. The number of hydrogen-bond acceptors (Lipinski definition) is 1. The molecule has 1 aromatic carbocycles. The number of carbonyl (C=O) groups is 1. The van der Waals surface area contributed by atoms with Crippen LogP contribution < -0.4 is 0 Å². The third-order valence-electron chi connectivity index (χ3n) is 3.24. The SMILES string of the molecule is Cc1cccc2c1C(CC(=O)O)CCC2. The van der Waals surface area contributed by atoms with Crippen LogP contribution in [0.4, 0.5) is 0 Å². The van der Waals surface area contributed by atoms with Crippen LogP contribution in [0, 0.1) is 6.92 Å². The van der Waals surface area contributed by atoms with Gasteiger partial charge < -0.3 is 5.11 Å². The van der Waals surface area contributed by atoms with Crippen molar-refractivity contribution < 1.29 is 9.90 Å². The van der Waals surface area contributed by atoms with Crippen molar-refractivity contribution in [2.24, 2.45) is 0 Å². The first-order chi connectivity index (χ1) is 7.18. The van der Waals surface area contributed by atoms with Crippen LogP contribution in [0.15, 0.2) is 18.2 Å². The minimum Gasteiger partial charge on any atom is -0.481 e. The zero-order valence-corrected chi connectivity index (χ0v) is 8.99. The molecule has 1 aliphatic carbocycles. The Morgan fingerprint density at radius 3 is 3.07 bits per heavy atom. The zero-order chi connectivity index (χ0) is 10.8. The molecule has 0 heterocycles. The van der Waals surface area contributed by atoms with E-state index in [1.165, 1.54) is 16.7 Å². The van der Waals surface area contributed by atoms with Crippen LogP contribution in [0.5, 0.6) is 0 Å². The standard InChI is InChI=1S/C13H16O2/c1-9-4-2-5-10-6-3-7-11(13(9)10)8-12(14)15/h2,4-5,11H,3,6-8H2,1H3,(H,14,15). The summed E-state index contributed by atoms with van der Waals surface area (Å²) >= 11 is 0. The quantitative estimate of drug-likeness (QED) is 0.804. The Labute approximate surface area is 89.9 Å². The molecule has 2 nitrogen and oxygen atoms in total. The van der Waals surface area contributed by atoms with Crippen molar-refractivity contribution in [3.63, 3.8) is 0 Å². The smallest absolute Gasteiger partial charge is 0.303 e. The molecule has 0 fully saturated rings. The third kappa shape index (κ3) is 2.04. The topological polar surface area (TPSA) is 37.3 Å². The van der Waals surface area contributed by atoms with Gasteiger partial charge in [-0.1, -0.05) is 18.2 Å². The largest absolute Gasteiger partial charge is 0.481 e. The summed E-state index contributed by atoms with van der Waals surface area (Å²) in [6, 6.07) is 6.28. The van der Waals surface area contributed by atoms with E-state index >= 15 is 0 Å². The maximum atomic E-state index is 10.8. The van der Waals surface area contributed by atoms with Crippen LogP contribution in [0.1, 0.15) is 41.9 Å². The summed E-state index contributed by atoms with van der Waals surface area (Å²) in [6.07, 6.45) is 3.52. The second kappa shape index (κ2) is 4.05. The molecule has 0 aliphatic heterocycles. The van der Waals surface area contributed by atoms with Crippen molar-refractivity contribution in [2.75, 3.05) is 0 Å². The molecule has 2 heteroatoms. The summed E-state index contributed by atoms with van der Waals surface area (Å²) in [5.74, 6) is -0.455. The Morgan fingerprint density at radius 1 is 1.53 bits per heavy atom. The highest BCUT2D eigenvalue weighted by atomic mass is 16.4. The van der Waals surface area contributed by atoms with Crippen molar-refractivity contribution >= 4 is 5.97 Å². The lowest BCUT2D eigenvalue weighted by Crippen LogP contribution is -2.14. The lowest BCUT2D eigenvalue weighted by molar-refractivity contribution is -0.137. The highest BCUT2D eigenvalue weighted by molar-refractivity contribution is 5.68. The lowest BCUT2D eigenvalue weighted by atomic mass is 9.79. The van der Waals surface area contributed by atoms with Crippen molar-refractivity contribution in [2.45, 2.75) is 38.5 Å². The van der Waals surface area contributed by atoms with Crippen LogP contribution in [-0.2, 0) is 11.2 Å². The summed E-state index contributed by atoms with van der Waals surface area (Å²) in [7, 11) is 0. The first kappa shape index (κ1) is 10.2. The molecule has 0 aromatic heterocycles. The number of aryl methyl sites for hydroxylation is 2. The van der Waals surface area contributed by atoms with Crippen molar-refractivity contribution in [1.82, 2.24) is 0 Å². The minimum absolute atomic E-state index is 0.229. The van der Waals surface area contributed by atoms with Crippen LogP contribution in [-0.4, -0.2) is 11.1 Å². The van der Waals surface area contributed by atoms with Gasteiger partial charge in [0.25, 0.3) is 0 Å². The fraction of sp³-hybridized carbons (Fsp3) is 0.462. The van der Waals surface area contributed by atoms with Crippen LogP contribution in [0.3, 0.4) is 0 Å². The van der Waals surface area contributed by atoms with E-state index in [2.05, 4.69) is 25.1 Å². The monoisotopic (exact) mass is 204 g/mol. The maximum absolute atomic E-state index is 10.8. The van der Waals surface area contributed by atoms with Gasteiger partial charge in [-0.05, 0) is 48.8 Å². The number of rotatable bonds is 2. The number of carboxylic acid groups (broad SMARTS) is 1. The van der Waals surface area contributed by atoms with E-state index in [9.17, 15) is 4.79 Å². The van der Waals surface area contributed by atoms with E-state index in [0.717, 1.165) is 19.3 Å². The molecule has 1 aromatic rings. The number of fused-ring (bicyclic) bond motifs is 1. The van der Waals surface area contributed by atoms with Gasteiger partial charge in [0.05, 0.1) is 6.42 Å². The van der Waals surface area contributed by atoms with E-state index in [4.69, 9.17) is 5.11 Å². The van der Waals surface area contributed by atoms with Crippen LogP contribution in [0.2, 0.25) is 0 Å². The van der Waals surface area contributed by atoms with Crippen molar-refractivity contribution in [3.8, 4) is 0 Å². The second-order valence-electron chi connectivity index (χ2n) is 4.33. The highest BCUT2D eigenvalue weighted by Gasteiger charge is 2.23. The molecule has 0 saturated heterocycles. The van der Waals surface area contributed by atoms with E-state index in [-0.39, 0.29) is 12.3 Å². The molecule has 1 N–H and O–H groups in total. The van der Waals surface area contributed by atoms with Gasteiger partial charge >= 0.3 is 5.97 Å². The first-order valence-electron chi connectivity index (χ1n) is 5.48. The Morgan fingerprint density at radius 2 is 2.33 bits per heavy atom. The number of carboxylic acids is 1. The number of benzene rings is 1. The van der Waals surface area contributed by atoms with Crippen LogP contribution in [0.25, 0.3) is 0 Å². The maximum Gasteiger partial charge on any atom is 0.303 e. The lowest BCUT2D eigenvalue weighted by Gasteiger charge is -2.26. The van der Waals surface area contributed by atoms with Crippen LogP contribution >= 0.6 is 0 Å². The number of aliphatic carboxylic acids is 1. The highest BCUT2D eigenvalue weighted by Crippen LogP contribution is 2.35. The van der Waals surface area contributed by atoms with Gasteiger partial charge in [-0.25, -0.2) is 0 Å². The third-order valence-corrected chi connectivity index (χ3v) is 3.24. The summed E-state index contributed by atoms with van der Waals surface area (Å²) in [6.45, 7) is 2.08. The molecule has 1 unspecified atom stereocenters. The fourth-order valence-corrected chi connectivity index (χ4v) is 2.64. The summed E-state index contributed by atoms with van der Waals surface area (Å²) in [4.78, 5) is 10.8. The van der Waals surface area contributed by atoms with E-state index in [1.54, 1.807) is 0 Å². The summed E-state index contributed by atoms with van der Waals surface area (Å²) < 4.78 is 0. The summed E-state index contributed by atoms with van der Waals surface area (Å²) in [5.41, 5.74) is 3.90. The average molecular weight is 204 g/mol. The Hall–Kier alpha value is -1.31. The minimum atomic E-state index is -0.684. The molecule has 0 radical (unpaired) electrons. The second-order valence-corrected chi connectivity index (χ2v) is 4.33. The Bertz CT molecular complexity index is 382. The van der Waals surface area contributed by atoms with Gasteiger partial charge in [0.2, 0.25) is 0 Å². The molecule has 0 saturated carbocycles. The van der Waals surface area contributed by atoms with Crippen molar-refractivity contribution in [3.05, 3.63) is 34.9 Å². The predicted molar refractivity (Wildman–Crippen MR) is 59.1 cm³/mol. The number of hydrogen-bond donors (Lipinski definition) is 1. The van der Waals surface area contributed by atoms with Gasteiger partial charge in [-0.3, -0.25) is 4.79 Å². The predicted octanol–water partition coefficient (Wildman–Crippen LogP) is 2.89. The molecule has 1 aliphatic rings. The van der Waals surface area contributed by atoms with Gasteiger partial charge in [0, 0.05) is 0 Å². The average Bonchev–Trinajstić information content (AvgIpc) is 2.17. The molecule has 1 atom stereocenters. The zero-order valence-electron chi connectivity index (χ0n) is 8.99. The van der Waals surface area contributed by atoms with Gasteiger partial charge in [-0.15, -0.1) is 0 Å². The van der Waals surface area contributed by atoms with E-state index in [0.29, 0.717) is 0 Å². The Balaban J connectivity index is 2.36.